The highest BCUT2D eigenvalue weighted by molar-refractivity contribution is 6.30. The average Bonchev–Trinajstić information content (AvgIpc) is 2.73. The van der Waals surface area contributed by atoms with Crippen LogP contribution in [0.4, 0.5) is 5.69 Å². The van der Waals surface area contributed by atoms with Crippen LogP contribution >= 0.6 is 11.6 Å². The van der Waals surface area contributed by atoms with Crippen LogP contribution in [0.25, 0.3) is 0 Å². The standard InChI is InChI=1S/C12H10ClN3O/c1-8-4-11(16-17-8)7-15-12-5-10(13)3-2-9(12)6-14/h2-5,15H,7H2,1H3. The zero-order chi connectivity index (χ0) is 12.3. The third-order valence-electron chi connectivity index (χ3n) is 2.24. The molecule has 4 nitrogen and oxygen atoms in total. The van der Waals surface area contributed by atoms with Crippen LogP contribution in [0.15, 0.2) is 28.8 Å². The second-order valence-corrected chi connectivity index (χ2v) is 4.02. The van der Waals surface area contributed by atoms with Crippen molar-refractivity contribution in [3.8, 4) is 6.07 Å². The van der Waals surface area contributed by atoms with Gasteiger partial charge in [-0.2, -0.15) is 5.26 Å². The lowest BCUT2D eigenvalue weighted by Gasteiger charge is -2.06. The Labute approximate surface area is 104 Å². The first-order valence-electron chi connectivity index (χ1n) is 5.05. The monoisotopic (exact) mass is 247 g/mol. The van der Waals surface area contributed by atoms with Crippen LogP contribution < -0.4 is 5.32 Å². The molecule has 0 saturated carbocycles. The van der Waals surface area contributed by atoms with Gasteiger partial charge in [0.05, 0.1) is 17.8 Å². The van der Waals surface area contributed by atoms with E-state index in [4.69, 9.17) is 21.4 Å². The number of aromatic nitrogens is 1. The van der Waals surface area contributed by atoms with E-state index in [2.05, 4.69) is 16.5 Å². The molecule has 1 N–H and O–H groups in total. The summed E-state index contributed by atoms with van der Waals surface area (Å²) in [5.74, 6) is 0.758. The molecule has 2 rings (SSSR count). The SMILES string of the molecule is Cc1cc(CNc2cc(Cl)ccc2C#N)no1. The minimum atomic E-state index is 0.492. The van der Waals surface area contributed by atoms with Crippen molar-refractivity contribution >= 4 is 17.3 Å². The molecule has 17 heavy (non-hydrogen) atoms. The predicted octanol–water partition coefficient (Wildman–Crippen LogP) is 3.12. The number of hydrogen-bond donors (Lipinski definition) is 1. The molecule has 1 heterocycles. The first kappa shape index (κ1) is 11.5. The van der Waals surface area contributed by atoms with Gasteiger partial charge < -0.3 is 9.84 Å². The maximum Gasteiger partial charge on any atom is 0.133 e. The fourth-order valence-corrected chi connectivity index (χ4v) is 1.62. The molecule has 0 unspecified atom stereocenters. The molecular weight excluding hydrogens is 238 g/mol. The van der Waals surface area contributed by atoms with E-state index in [0.29, 0.717) is 22.8 Å². The van der Waals surface area contributed by atoms with Gasteiger partial charge in [0.25, 0.3) is 0 Å². The first-order chi connectivity index (χ1) is 8.19. The molecule has 86 valence electrons. The van der Waals surface area contributed by atoms with E-state index in [-0.39, 0.29) is 0 Å². The molecule has 5 heteroatoms. The van der Waals surface area contributed by atoms with E-state index in [0.717, 1.165) is 11.5 Å². The maximum absolute atomic E-state index is 8.94. The summed E-state index contributed by atoms with van der Waals surface area (Å²) in [6.45, 7) is 2.32. The van der Waals surface area contributed by atoms with Crippen LogP contribution in [0.2, 0.25) is 5.02 Å². The van der Waals surface area contributed by atoms with Crippen molar-refractivity contribution in [2.75, 3.05) is 5.32 Å². The normalized spacial score (nSPS) is 9.94. The molecule has 0 bridgehead atoms. The molecule has 0 aliphatic heterocycles. The Hall–Kier alpha value is -1.99. The van der Waals surface area contributed by atoms with Gasteiger partial charge in [0.1, 0.15) is 17.5 Å². The van der Waals surface area contributed by atoms with Gasteiger partial charge in [0, 0.05) is 11.1 Å². The van der Waals surface area contributed by atoms with Crippen LogP contribution in [0.1, 0.15) is 17.0 Å². The molecule has 1 aromatic carbocycles. The second-order valence-electron chi connectivity index (χ2n) is 3.58. The van der Waals surface area contributed by atoms with Gasteiger partial charge in [-0.25, -0.2) is 0 Å². The van der Waals surface area contributed by atoms with Gasteiger partial charge in [0.2, 0.25) is 0 Å². The molecule has 0 aliphatic rings. The topological polar surface area (TPSA) is 61.9 Å². The van der Waals surface area contributed by atoms with Gasteiger partial charge in [-0.15, -0.1) is 0 Å². The van der Waals surface area contributed by atoms with Gasteiger partial charge in [-0.05, 0) is 25.1 Å². The number of halogens is 1. The van der Waals surface area contributed by atoms with E-state index in [9.17, 15) is 0 Å². The van der Waals surface area contributed by atoms with Crippen LogP contribution in [0, 0.1) is 18.3 Å². The lowest BCUT2D eigenvalue weighted by molar-refractivity contribution is 0.391. The van der Waals surface area contributed by atoms with Crippen molar-refractivity contribution in [1.29, 1.82) is 5.26 Å². The van der Waals surface area contributed by atoms with Gasteiger partial charge in [0.15, 0.2) is 0 Å². The molecule has 0 atom stereocenters. The highest BCUT2D eigenvalue weighted by Crippen LogP contribution is 2.20. The van der Waals surface area contributed by atoms with Crippen LogP contribution in [0.3, 0.4) is 0 Å². The van der Waals surface area contributed by atoms with Gasteiger partial charge in [-0.1, -0.05) is 16.8 Å². The largest absolute Gasteiger partial charge is 0.378 e. The summed E-state index contributed by atoms with van der Waals surface area (Å²) >= 11 is 5.88. The van der Waals surface area contributed by atoms with Crippen molar-refractivity contribution in [1.82, 2.24) is 5.16 Å². The van der Waals surface area contributed by atoms with Crippen molar-refractivity contribution in [2.24, 2.45) is 0 Å². The van der Waals surface area contributed by atoms with Gasteiger partial charge in [-0.3, -0.25) is 0 Å². The van der Waals surface area contributed by atoms with E-state index in [1.165, 1.54) is 0 Å². The fraction of sp³-hybridized carbons (Fsp3) is 0.167. The van der Waals surface area contributed by atoms with E-state index in [1.54, 1.807) is 18.2 Å². The molecule has 0 aliphatic carbocycles. The molecule has 0 fully saturated rings. The highest BCUT2D eigenvalue weighted by atomic mass is 35.5. The number of nitrogens with one attached hydrogen (secondary N) is 1. The Morgan fingerprint density at radius 2 is 2.29 bits per heavy atom. The number of hydrogen-bond acceptors (Lipinski definition) is 4. The Morgan fingerprint density at radius 1 is 1.47 bits per heavy atom. The summed E-state index contributed by atoms with van der Waals surface area (Å²) in [6.07, 6.45) is 0. The zero-order valence-electron chi connectivity index (χ0n) is 9.20. The van der Waals surface area contributed by atoms with Crippen molar-refractivity contribution < 1.29 is 4.52 Å². The Bertz CT molecular complexity index is 571. The third-order valence-corrected chi connectivity index (χ3v) is 2.47. The Kier molecular flexibility index (Phi) is 3.31. The molecule has 2 aromatic rings. The van der Waals surface area contributed by atoms with Gasteiger partial charge >= 0.3 is 0 Å². The number of nitriles is 1. The maximum atomic E-state index is 8.94. The van der Waals surface area contributed by atoms with Crippen LogP contribution in [-0.4, -0.2) is 5.16 Å². The number of benzene rings is 1. The fourth-order valence-electron chi connectivity index (χ4n) is 1.45. The summed E-state index contributed by atoms with van der Waals surface area (Å²) in [4.78, 5) is 0. The number of nitrogens with zero attached hydrogens (tertiary/aromatic N) is 2. The number of aryl methyl sites for hydroxylation is 1. The van der Waals surface area contributed by atoms with Crippen LogP contribution in [0.5, 0.6) is 0 Å². The first-order valence-corrected chi connectivity index (χ1v) is 5.42. The minimum Gasteiger partial charge on any atom is -0.378 e. The highest BCUT2D eigenvalue weighted by Gasteiger charge is 2.04. The molecule has 0 amide bonds. The zero-order valence-corrected chi connectivity index (χ0v) is 9.95. The molecule has 0 saturated heterocycles. The van der Waals surface area contributed by atoms with Crippen molar-refractivity contribution in [2.45, 2.75) is 13.5 Å². The smallest absolute Gasteiger partial charge is 0.133 e. The van der Waals surface area contributed by atoms with Crippen LogP contribution in [-0.2, 0) is 6.54 Å². The predicted molar refractivity (Wildman–Crippen MR) is 64.7 cm³/mol. The lowest BCUT2D eigenvalue weighted by atomic mass is 10.2. The number of rotatable bonds is 3. The summed E-state index contributed by atoms with van der Waals surface area (Å²) < 4.78 is 4.95. The molecule has 0 radical (unpaired) electrons. The quantitative estimate of drug-likeness (QED) is 0.905. The van der Waals surface area contributed by atoms with E-state index in [1.807, 2.05) is 13.0 Å². The Morgan fingerprint density at radius 3 is 2.94 bits per heavy atom. The molecule has 0 spiro atoms. The Balaban J connectivity index is 2.13. The summed E-state index contributed by atoms with van der Waals surface area (Å²) in [6, 6.07) is 9.02. The molecular formula is C12H10ClN3O. The second kappa shape index (κ2) is 4.89. The van der Waals surface area contributed by atoms with Crippen molar-refractivity contribution in [3.05, 3.63) is 46.3 Å². The molecule has 1 aromatic heterocycles. The van der Waals surface area contributed by atoms with E-state index < -0.39 is 0 Å². The van der Waals surface area contributed by atoms with E-state index >= 15 is 0 Å². The number of anilines is 1. The average molecular weight is 248 g/mol. The summed E-state index contributed by atoms with van der Waals surface area (Å²) in [5, 5.41) is 16.5. The summed E-state index contributed by atoms with van der Waals surface area (Å²) in [7, 11) is 0. The third kappa shape index (κ3) is 2.77. The summed E-state index contributed by atoms with van der Waals surface area (Å²) in [5.41, 5.74) is 2.03. The minimum absolute atomic E-state index is 0.492. The van der Waals surface area contributed by atoms with Crippen molar-refractivity contribution in [3.63, 3.8) is 0 Å². The lowest BCUT2D eigenvalue weighted by Crippen LogP contribution is -2.01.